The zero-order chi connectivity index (χ0) is 17.4. The summed E-state index contributed by atoms with van der Waals surface area (Å²) >= 11 is 11.7. The Bertz CT molecular complexity index is 730. The third kappa shape index (κ3) is 6.06. The number of anilines is 1. The van der Waals surface area contributed by atoms with Crippen molar-refractivity contribution in [3.8, 4) is 0 Å². The minimum atomic E-state index is -0.278. The van der Waals surface area contributed by atoms with Crippen molar-refractivity contribution in [1.29, 1.82) is 0 Å². The van der Waals surface area contributed by atoms with Crippen molar-refractivity contribution in [2.45, 2.75) is 19.3 Å². The second-order valence-electron chi connectivity index (χ2n) is 4.84. The third-order valence-corrected chi connectivity index (χ3v) is 3.67. The van der Waals surface area contributed by atoms with Crippen LogP contribution in [0.15, 0.2) is 46.1 Å². The number of halogens is 2. The molecule has 0 saturated heterocycles. The minimum Gasteiger partial charge on any atom is -0.463 e. The largest absolute Gasteiger partial charge is 0.463 e. The Labute approximate surface area is 148 Å². The zero-order valence-corrected chi connectivity index (χ0v) is 14.1. The average molecular weight is 368 g/mol. The molecule has 0 spiro atoms. The SMILES string of the molecule is O=C(CCCC(=O)Nc1ccc(Cl)c(Cl)c1)N/N=C\c1ccco1. The van der Waals surface area contributed by atoms with Crippen LogP contribution in [0.4, 0.5) is 5.69 Å². The molecule has 0 saturated carbocycles. The molecule has 0 aliphatic heterocycles. The number of nitrogens with one attached hydrogen (secondary N) is 2. The number of hydrazone groups is 1. The molecule has 2 aromatic rings. The summed E-state index contributed by atoms with van der Waals surface area (Å²) in [6.07, 6.45) is 3.69. The van der Waals surface area contributed by atoms with Crippen molar-refractivity contribution in [2.24, 2.45) is 5.10 Å². The van der Waals surface area contributed by atoms with Crippen molar-refractivity contribution in [3.05, 3.63) is 52.4 Å². The average Bonchev–Trinajstić information content (AvgIpc) is 3.04. The molecule has 2 rings (SSSR count). The topological polar surface area (TPSA) is 83.7 Å². The second-order valence-corrected chi connectivity index (χ2v) is 5.65. The fourth-order valence-corrected chi connectivity index (χ4v) is 2.09. The lowest BCUT2D eigenvalue weighted by Gasteiger charge is -2.06. The zero-order valence-electron chi connectivity index (χ0n) is 12.6. The van der Waals surface area contributed by atoms with Gasteiger partial charge in [0.15, 0.2) is 0 Å². The van der Waals surface area contributed by atoms with Crippen LogP contribution in [0.3, 0.4) is 0 Å². The molecule has 24 heavy (non-hydrogen) atoms. The van der Waals surface area contributed by atoms with E-state index in [1.807, 2.05) is 0 Å². The summed E-state index contributed by atoms with van der Waals surface area (Å²) in [6.45, 7) is 0. The minimum absolute atomic E-state index is 0.185. The Hall–Kier alpha value is -2.31. The molecule has 1 heterocycles. The predicted molar refractivity (Wildman–Crippen MR) is 93.4 cm³/mol. The smallest absolute Gasteiger partial charge is 0.240 e. The number of carbonyl (C=O) groups is 2. The monoisotopic (exact) mass is 367 g/mol. The van der Waals surface area contributed by atoms with E-state index in [4.69, 9.17) is 27.6 Å². The summed E-state index contributed by atoms with van der Waals surface area (Å²) in [7, 11) is 0. The van der Waals surface area contributed by atoms with Crippen LogP contribution >= 0.6 is 23.2 Å². The molecule has 2 N–H and O–H groups in total. The second kappa shape index (κ2) is 9.10. The van der Waals surface area contributed by atoms with E-state index < -0.39 is 0 Å². The highest BCUT2D eigenvalue weighted by molar-refractivity contribution is 6.42. The first-order valence-electron chi connectivity index (χ1n) is 7.15. The lowest BCUT2D eigenvalue weighted by molar-refractivity contribution is -0.121. The molecule has 1 aromatic heterocycles. The van der Waals surface area contributed by atoms with Crippen LogP contribution in [0.1, 0.15) is 25.0 Å². The van der Waals surface area contributed by atoms with Crippen molar-refractivity contribution in [2.75, 3.05) is 5.32 Å². The van der Waals surface area contributed by atoms with Gasteiger partial charge >= 0.3 is 0 Å². The highest BCUT2D eigenvalue weighted by Crippen LogP contribution is 2.25. The molecule has 1 aromatic carbocycles. The normalized spacial score (nSPS) is 10.8. The summed E-state index contributed by atoms with van der Waals surface area (Å²) in [5.74, 6) is 0.0525. The van der Waals surface area contributed by atoms with Gasteiger partial charge in [-0.2, -0.15) is 5.10 Å². The Balaban J connectivity index is 1.66. The molecule has 0 bridgehead atoms. The Kier molecular flexibility index (Phi) is 6.84. The van der Waals surface area contributed by atoms with Gasteiger partial charge in [-0.1, -0.05) is 23.2 Å². The maximum atomic E-state index is 11.8. The number of hydrogen-bond donors (Lipinski definition) is 2. The van der Waals surface area contributed by atoms with Gasteiger partial charge in [0.2, 0.25) is 11.8 Å². The lowest BCUT2D eigenvalue weighted by Crippen LogP contribution is -2.18. The summed E-state index contributed by atoms with van der Waals surface area (Å²) in [6, 6.07) is 8.25. The van der Waals surface area contributed by atoms with Crippen LogP contribution in [0.5, 0.6) is 0 Å². The van der Waals surface area contributed by atoms with E-state index in [1.54, 1.807) is 30.3 Å². The summed E-state index contributed by atoms with van der Waals surface area (Å²) in [5, 5.41) is 7.22. The quantitative estimate of drug-likeness (QED) is 0.575. The lowest BCUT2D eigenvalue weighted by atomic mass is 10.2. The van der Waals surface area contributed by atoms with E-state index in [9.17, 15) is 9.59 Å². The summed E-state index contributed by atoms with van der Waals surface area (Å²) < 4.78 is 5.03. The summed E-state index contributed by atoms with van der Waals surface area (Å²) in [5.41, 5.74) is 2.92. The van der Waals surface area contributed by atoms with Gasteiger partial charge in [0.1, 0.15) is 5.76 Å². The molecular formula is C16H15Cl2N3O3. The van der Waals surface area contributed by atoms with Crippen molar-refractivity contribution in [1.82, 2.24) is 5.43 Å². The van der Waals surface area contributed by atoms with Crippen molar-refractivity contribution >= 4 is 46.9 Å². The number of furan rings is 1. The van der Waals surface area contributed by atoms with Crippen LogP contribution in [0.2, 0.25) is 10.0 Å². The van der Waals surface area contributed by atoms with Gasteiger partial charge < -0.3 is 9.73 Å². The van der Waals surface area contributed by atoms with Crippen molar-refractivity contribution in [3.63, 3.8) is 0 Å². The molecule has 0 aliphatic carbocycles. The Morgan fingerprint density at radius 3 is 2.62 bits per heavy atom. The van der Waals surface area contributed by atoms with E-state index in [1.165, 1.54) is 12.5 Å². The van der Waals surface area contributed by atoms with Gasteiger partial charge in [-0.3, -0.25) is 9.59 Å². The van der Waals surface area contributed by atoms with Crippen LogP contribution in [0.25, 0.3) is 0 Å². The first-order valence-corrected chi connectivity index (χ1v) is 7.90. The number of hydrogen-bond acceptors (Lipinski definition) is 4. The van der Waals surface area contributed by atoms with E-state index in [0.717, 1.165) is 0 Å². The van der Waals surface area contributed by atoms with Crippen LogP contribution in [-0.2, 0) is 9.59 Å². The number of nitrogens with zero attached hydrogens (tertiary/aromatic N) is 1. The van der Waals surface area contributed by atoms with E-state index in [0.29, 0.717) is 27.9 Å². The molecule has 0 radical (unpaired) electrons. The number of rotatable bonds is 7. The van der Waals surface area contributed by atoms with Gasteiger partial charge in [-0.05, 0) is 36.8 Å². The first-order chi connectivity index (χ1) is 11.5. The molecular weight excluding hydrogens is 353 g/mol. The highest BCUT2D eigenvalue weighted by atomic mass is 35.5. The molecule has 8 heteroatoms. The molecule has 0 fully saturated rings. The molecule has 0 unspecified atom stereocenters. The number of benzene rings is 1. The molecule has 2 amide bonds. The first kappa shape index (κ1) is 18.0. The fourth-order valence-electron chi connectivity index (χ4n) is 1.80. The molecule has 6 nitrogen and oxygen atoms in total. The van der Waals surface area contributed by atoms with E-state index in [-0.39, 0.29) is 24.7 Å². The molecule has 126 valence electrons. The third-order valence-electron chi connectivity index (χ3n) is 2.94. The summed E-state index contributed by atoms with van der Waals surface area (Å²) in [4.78, 5) is 23.4. The van der Waals surface area contributed by atoms with E-state index >= 15 is 0 Å². The van der Waals surface area contributed by atoms with E-state index in [2.05, 4.69) is 15.8 Å². The van der Waals surface area contributed by atoms with Gasteiger partial charge in [0.25, 0.3) is 0 Å². The van der Waals surface area contributed by atoms with Gasteiger partial charge in [-0.15, -0.1) is 0 Å². The number of carbonyl (C=O) groups excluding carboxylic acids is 2. The van der Waals surface area contributed by atoms with Gasteiger partial charge in [0, 0.05) is 18.5 Å². The standard InChI is InChI=1S/C16H15Cl2N3O3/c17-13-7-6-11(9-14(13)18)20-15(22)4-1-5-16(23)21-19-10-12-3-2-8-24-12/h2-3,6-10H,1,4-5H2,(H,20,22)(H,21,23)/b19-10-. The van der Waals surface area contributed by atoms with Crippen LogP contribution in [0, 0.1) is 0 Å². The number of amides is 2. The Morgan fingerprint density at radius 1 is 1.12 bits per heavy atom. The predicted octanol–water partition coefficient (Wildman–Crippen LogP) is 3.85. The van der Waals surface area contributed by atoms with Gasteiger partial charge in [-0.25, -0.2) is 5.43 Å². The fraction of sp³-hybridized carbons (Fsp3) is 0.188. The van der Waals surface area contributed by atoms with Gasteiger partial charge in [0.05, 0.1) is 22.5 Å². The van der Waals surface area contributed by atoms with Crippen molar-refractivity contribution < 1.29 is 14.0 Å². The highest BCUT2D eigenvalue weighted by Gasteiger charge is 2.06. The Morgan fingerprint density at radius 2 is 1.92 bits per heavy atom. The molecule has 0 atom stereocenters. The maximum absolute atomic E-state index is 11.8. The van der Waals surface area contributed by atoms with Crippen LogP contribution in [-0.4, -0.2) is 18.0 Å². The molecule has 0 aliphatic rings. The van der Waals surface area contributed by atoms with Crippen LogP contribution < -0.4 is 10.7 Å². The maximum Gasteiger partial charge on any atom is 0.240 e.